The summed E-state index contributed by atoms with van der Waals surface area (Å²) in [5.41, 5.74) is 2.13. The van der Waals surface area contributed by atoms with Crippen LogP contribution in [0.3, 0.4) is 0 Å². The van der Waals surface area contributed by atoms with Crippen molar-refractivity contribution in [3.05, 3.63) is 53.9 Å². The van der Waals surface area contributed by atoms with Crippen molar-refractivity contribution in [2.75, 3.05) is 12.4 Å². The highest BCUT2D eigenvalue weighted by atomic mass is 19.4. The molecule has 0 aliphatic rings. The van der Waals surface area contributed by atoms with Gasteiger partial charge in [0, 0.05) is 30.1 Å². The van der Waals surface area contributed by atoms with Crippen LogP contribution in [0.2, 0.25) is 0 Å². The fraction of sp³-hybridized carbons (Fsp3) is 0.200. The number of ether oxygens (including phenoxy) is 1. The topological polar surface area (TPSA) is 79.3 Å². The Morgan fingerprint density at radius 2 is 1.96 bits per heavy atom. The fourth-order valence-corrected chi connectivity index (χ4v) is 1.91. The lowest BCUT2D eigenvalue weighted by Gasteiger charge is -2.13. The van der Waals surface area contributed by atoms with Gasteiger partial charge in [-0.05, 0) is 18.2 Å². The molecule has 0 spiro atoms. The Hall–Kier alpha value is -2.81. The van der Waals surface area contributed by atoms with E-state index in [1.54, 1.807) is 0 Å². The normalized spacial score (nSPS) is 11.0. The molecular formula is C15H15F3N4O2. The minimum Gasteiger partial charge on any atom is -0.496 e. The Morgan fingerprint density at radius 1 is 1.29 bits per heavy atom. The molecule has 6 nitrogen and oxygen atoms in total. The van der Waals surface area contributed by atoms with E-state index in [2.05, 4.69) is 21.9 Å². The molecule has 1 heterocycles. The number of hydrogen-bond donors (Lipinski definition) is 3. The average molecular weight is 340 g/mol. The highest BCUT2D eigenvalue weighted by Crippen LogP contribution is 2.32. The molecule has 0 aliphatic heterocycles. The molecule has 0 saturated heterocycles. The summed E-state index contributed by atoms with van der Waals surface area (Å²) in [7, 11) is 1.38. The Labute approximate surface area is 136 Å². The van der Waals surface area contributed by atoms with Crippen molar-refractivity contribution < 1.29 is 23.1 Å². The third-order valence-electron chi connectivity index (χ3n) is 3.18. The molecule has 0 fully saturated rings. The van der Waals surface area contributed by atoms with Gasteiger partial charge in [0.2, 0.25) is 5.95 Å². The van der Waals surface area contributed by atoms with Crippen LogP contribution >= 0.6 is 0 Å². The summed E-state index contributed by atoms with van der Waals surface area (Å²) in [5.74, 6) is 0.536. The number of hydroxylamine groups is 1. The predicted molar refractivity (Wildman–Crippen MR) is 81.3 cm³/mol. The molecule has 24 heavy (non-hydrogen) atoms. The van der Waals surface area contributed by atoms with Gasteiger partial charge in [0.05, 0.1) is 18.4 Å². The molecule has 0 atom stereocenters. The van der Waals surface area contributed by atoms with E-state index in [0.717, 1.165) is 12.1 Å². The summed E-state index contributed by atoms with van der Waals surface area (Å²) in [6, 6.07) is 3.24. The molecule has 9 heteroatoms. The van der Waals surface area contributed by atoms with Gasteiger partial charge in [-0.25, -0.2) is 9.97 Å². The van der Waals surface area contributed by atoms with E-state index in [1.165, 1.54) is 25.6 Å². The van der Waals surface area contributed by atoms with Gasteiger partial charge in [-0.3, -0.25) is 10.7 Å². The lowest BCUT2D eigenvalue weighted by Crippen LogP contribution is -2.10. The number of aromatic nitrogens is 2. The van der Waals surface area contributed by atoms with Crippen LogP contribution < -0.4 is 15.5 Å². The Balaban J connectivity index is 2.14. The number of nitrogens with zero attached hydrogens (tertiary/aromatic N) is 2. The first kappa shape index (κ1) is 17.5. The largest absolute Gasteiger partial charge is 0.496 e. The van der Waals surface area contributed by atoms with Gasteiger partial charge in [-0.2, -0.15) is 13.2 Å². The highest BCUT2D eigenvalue weighted by molar-refractivity contribution is 5.59. The number of alkyl halides is 3. The number of rotatable bonds is 6. The summed E-state index contributed by atoms with van der Waals surface area (Å²) in [4.78, 5) is 7.98. The third kappa shape index (κ3) is 4.13. The maximum absolute atomic E-state index is 12.8. The SMILES string of the molecule is C=C(NO)c1cnc(NCc2cc(C(F)(F)F)ccc2OC)nc1. The molecule has 0 aliphatic carbocycles. The van der Waals surface area contributed by atoms with Crippen LogP contribution in [-0.2, 0) is 12.7 Å². The van der Waals surface area contributed by atoms with E-state index in [4.69, 9.17) is 9.94 Å². The van der Waals surface area contributed by atoms with Crippen LogP contribution in [0.25, 0.3) is 5.70 Å². The van der Waals surface area contributed by atoms with Crippen molar-refractivity contribution in [2.45, 2.75) is 12.7 Å². The second-order valence-electron chi connectivity index (χ2n) is 4.76. The van der Waals surface area contributed by atoms with Gasteiger partial charge in [0.15, 0.2) is 0 Å². The minimum absolute atomic E-state index is 0.0473. The van der Waals surface area contributed by atoms with Crippen molar-refractivity contribution in [3.63, 3.8) is 0 Å². The fourth-order valence-electron chi connectivity index (χ4n) is 1.91. The number of nitrogens with one attached hydrogen (secondary N) is 2. The van der Waals surface area contributed by atoms with E-state index >= 15 is 0 Å². The smallest absolute Gasteiger partial charge is 0.416 e. The molecule has 0 radical (unpaired) electrons. The molecule has 2 aromatic rings. The zero-order valence-electron chi connectivity index (χ0n) is 12.7. The molecule has 0 saturated carbocycles. The Kier molecular flexibility index (Phi) is 5.24. The molecular weight excluding hydrogens is 325 g/mol. The quantitative estimate of drug-likeness (QED) is 0.702. The van der Waals surface area contributed by atoms with Crippen LogP contribution in [-0.4, -0.2) is 22.3 Å². The van der Waals surface area contributed by atoms with Crippen molar-refractivity contribution in [3.8, 4) is 5.75 Å². The molecule has 0 unspecified atom stereocenters. The van der Waals surface area contributed by atoms with Crippen molar-refractivity contribution in [1.29, 1.82) is 0 Å². The van der Waals surface area contributed by atoms with Crippen LogP contribution in [0.1, 0.15) is 16.7 Å². The Bertz CT molecular complexity index is 718. The summed E-state index contributed by atoms with van der Waals surface area (Å²) < 4.78 is 43.5. The second kappa shape index (κ2) is 7.18. The average Bonchev–Trinajstić information content (AvgIpc) is 2.58. The van der Waals surface area contributed by atoms with Gasteiger partial charge in [0.1, 0.15) is 5.75 Å². The zero-order chi connectivity index (χ0) is 17.7. The Morgan fingerprint density at radius 3 is 2.50 bits per heavy atom. The predicted octanol–water partition coefficient (Wildman–Crippen LogP) is 3.07. The standard InChI is InChI=1S/C15H15F3N4O2/c1-9(22-23)11-7-20-14(21-8-11)19-6-10-5-12(15(16,17)18)3-4-13(10)24-2/h3-5,7-8,22-23H,1,6H2,2H3,(H,19,20,21). The van der Waals surface area contributed by atoms with Crippen LogP contribution in [0, 0.1) is 0 Å². The number of benzene rings is 1. The zero-order valence-corrected chi connectivity index (χ0v) is 12.7. The molecule has 128 valence electrons. The van der Waals surface area contributed by atoms with E-state index in [-0.39, 0.29) is 18.2 Å². The number of anilines is 1. The minimum atomic E-state index is -4.43. The first-order valence-corrected chi connectivity index (χ1v) is 6.74. The first-order chi connectivity index (χ1) is 11.3. The van der Waals surface area contributed by atoms with Crippen molar-refractivity contribution >= 4 is 11.6 Å². The second-order valence-corrected chi connectivity index (χ2v) is 4.76. The summed E-state index contributed by atoms with van der Waals surface area (Å²) in [6.45, 7) is 3.58. The van der Waals surface area contributed by atoms with E-state index in [1.807, 2.05) is 5.48 Å². The summed E-state index contributed by atoms with van der Waals surface area (Å²) in [5, 5.41) is 11.5. The lowest BCUT2D eigenvalue weighted by molar-refractivity contribution is -0.137. The van der Waals surface area contributed by atoms with Crippen LogP contribution in [0.15, 0.2) is 37.2 Å². The van der Waals surface area contributed by atoms with E-state index in [0.29, 0.717) is 16.9 Å². The molecule has 0 amide bonds. The molecule has 1 aromatic heterocycles. The van der Waals surface area contributed by atoms with Crippen molar-refractivity contribution in [1.82, 2.24) is 15.4 Å². The third-order valence-corrected chi connectivity index (χ3v) is 3.18. The summed E-state index contributed by atoms with van der Waals surface area (Å²) in [6.07, 6.45) is -1.62. The monoisotopic (exact) mass is 340 g/mol. The summed E-state index contributed by atoms with van der Waals surface area (Å²) >= 11 is 0. The van der Waals surface area contributed by atoms with Gasteiger partial charge in [-0.1, -0.05) is 6.58 Å². The van der Waals surface area contributed by atoms with Gasteiger partial charge >= 0.3 is 6.18 Å². The molecule has 0 bridgehead atoms. The van der Waals surface area contributed by atoms with E-state index in [9.17, 15) is 13.2 Å². The lowest BCUT2D eigenvalue weighted by atomic mass is 10.1. The van der Waals surface area contributed by atoms with Gasteiger partial charge in [-0.15, -0.1) is 0 Å². The number of hydrogen-bond acceptors (Lipinski definition) is 6. The van der Waals surface area contributed by atoms with Gasteiger partial charge in [0.25, 0.3) is 0 Å². The number of methoxy groups -OCH3 is 1. The molecule has 2 rings (SSSR count). The van der Waals surface area contributed by atoms with Gasteiger partial charge < -0.3 is 10.1 Å². The van der Waals surface area contributed by atoms with E-state index < -0.39 is 11.7 Å². The molecule has 3 N–H and O–H groups in total. The maximum atomic E-state index is 12.8. The first-order valence-electron chi connectivity index (χ1n) is 6.74. The number of halogens is 3. The van der Waals surface area contributed by atoms with Crippen LogP contribution in [0.4, 0.5) is 19.1 Å². The highest BCUT2D eigenvalue weighted by Gasteiger charge is 2.31. The van der Waals surface area contributed by atoms with Crippen LogP contribution in [0.5, 0.6) is 5.75 Å². The molecule has 1 aromatic carbocycles. The maximum Gasteiger partial charge on any atom is 0.416 e. The van der Waals surface area contributed by atoms with Crippen molar-refractivity contribution in [2.24, 2.45) is 0 Å².